The second kappa shape index (κ2) is 14.6. The van der Waals surface area contributed by atoms with E-state index in [1.807, 2.05) is 41.5 Å². The predicted molar refractivity (Wildman–Crippen MR) is 106 cm³/mol. The first kappa shape index (κ1) is 22.0. The smallest absolute Gasteiger partial charge is 0.0366 e. The van der Waals surface area contributed by atoms with Crippen LogP contribution in [0.2, 0.25) is 0 Å². The minimum Gasteiger partial charge on any atom is -0.372 e. The van der Waals surface area contributed by atoms with E-state index in [-0.39, 0.29) is 0 Å². The highest BCUT2D eigenvalue weighted by Gasteiger charge is 2.23. The molecule has 0 bridgehead atoms. The molecular weight excluding hydrogens is 280 g/mol. The molecule has 2 nitrogen and oxygen atoms in total. The van der Waals surface area contributed by atoms with Crippen LogP contribution < -0.4 is 4.90 Å². The lowest BCUT2D eigenvalue weighted by Crippen LogP contribution is -2.43. The molecule has 2 heterocycles. The zero-order valence-electron chi connectivity index (χ0n) is 16.5. The van der Waals surface area contributed by atoms with E-state index in [2.05, 4.69) is 40.1 Å². The summed E-state index contributed by atoms with van der Waals surface area (Å²) in [5.74, 6) is 0.940. The molecule has 134 valence electrons. The molecule has 3 rings (SSSR count). The molecule has 1 aromatic rings. The molecule has 2 heteroatoms. The van der Waals surface area contributed by atoms with Gasteiger partial charge in [-0.15, -0.1) is 0 Å². The number of likely N-dealkylation sites (tertiary alicyclic amines) is 1. The maximum Gasteiger partial charge on any atom is 0.0366 e. The second-order valence-corrected chi connectivity index (χ2v) is 5.42. The third kappa shape index (κ3) is 7.87. The summed E-state index contributed by atoms with van der Waals surface area (Å²) in [6.07, 6.45) is 4.15. The van der Waals surface area contributed by atoms with E-state index in [4.69, 9.17) is 0 Å². The van der Waals surface area contributed by atoms with Crippen LogP contribution in [0.3, 0.4) is 0 Å². The van der Waals surface area contributed by atoms with Crippen molar-refractivity contribution in [3.05, 3.63) is 30.3 Å². The van der Waals surface area contributed by atoms with E-state index in [0.717, 1.165) is 5.92 Å². The first-order chi connectivity index (χ1) is 11.4. The Kier molecular flexibility index (Phi) is 13.9. The fraction of sp³-hybridized carbons (Fsp3) is 0.714. The molecule has 2 aliphatic rings. The second-order valence-electron chi connectivity index (χ2n) is 5.42. The molecule has 2 fully saturated rings. The Morgan fingerprint density at radius 2 is 1.30 bits per heavy atom. The van der Waals surface area contributed by atoms with Crippen molar-refractivity contribution in [2.45, 2.75) is 60.8 Å². The van der Waals surface area contributed by atoms with Crippen LogP contribution in [0.4, 0.5) is 5.69 Å². The van der Waals surface area contributed by atoms with E-state index in [1.54, 1.807) is 0 Å². The van der Waals surface area contributed by atoms with Gasteiger partial charge in [0.05, 0.1) is 0 Å². The first-order valence-corrected chi connectivity index (χ1v) is 9.94. The molecule has 1 aromatic carbocycles. The van der Waals surface area contributed by atoms with Crippen LogP contribution in [0.5, 0.6) is 0 Å². The van der Waals surface area contributed by atoms with Gasteiger partial charge in [-0.1, -0.05) is 59.7 Å². The Labute approximate surface area is 145 Å². The monoisotopic (exact) mass is 320 g/mol. The van der Waals surface area contributed by atoms with Gasteiger partial charge < -0.3 is 9.80 Å². The number of para-hydroxylation sites is 1. The summed E-state index contributed by atoms with van der Waals surface area (Å²) in [5.41, 5.74) is 1.40. The standard InChI is InChI=1S/C15H22N2.3C2H6/c1-2-5-15(6-3-1)17-11-7-14(8-12-17)13-16-9-4-10-16;3*1-2/h1-3,5-6,14H,4,7-13H2;3*1-2H3. The van der Waals surface area contributed by atoms with Crippen molar-refractivity contribution in [1.29, 1.82) is 0 Å². The van der Waals surface area contributed by atoms with Gasteiger partial charge in [-0.25, -0.2) is 0 Å². The number of hydrogen-bond donors (Lipinski definition) is 0. The van der Waals surface area contributed by atoms with E-state index in [9.17, 15) is 0 Å². The van der Waals surface area contributed by atoms with Gasteiger partial charge in [0.2, 0.25) is 0 Å². The zero-order valence-corrected chi connectivity index (χ0v) is 16.5. The van der Waals surface area contributed by atoms with E-state index >= 15 is 0 Å². The number of nitrogens with zero attached hydrogens (tertiary/aromatic N) is 2. The topological polar surface area (TPSA) is 6.48 Å². The molecule has 0 unspecified atom stereocenters. The Hall–Kier alpha value is -1.02. The third-order valence-corrected chi connectivity index (χ3v) is 4.20. The highest BCUT2D eigenvalue weighted by Crippen LogP contribution is 2.24. The van der Waals surface area contributed by atoms with E-state index < -0.39 is 0 Å². The fourth-order valence-electron chi connectivity index (χ4n) is 2.94. The van der Waals surface area contributed by atoms with Crippen molar-refractivity contribution < 1.29 is 0 Å². The van der Waals surface area contributed by atoms with Crippen LogP contribution in [0.1, 0.15) is 60.8 Å². The summed E-state index contributed by atoms with van der Waals surface area (Å²) in [6.45, 7) is 18.5. The Morgan fingerprint density at radius 1 is 0.783 bits per heavy atom. The van der Waals surface area contributed by atoms with Crippen LogP contribution in [-0.2, 0) is 0 Å². The van der Waals surface area contributed by atoms with Crippen LogP contribution in [0.25, 0.3) is 0 Å². The van der Waals surface area contributed by atoms with Gasteiger partial charge in [-0.05, 0) is 50.4 Å². The van der Waals surface area contributed by atoms with Gasteiger partial charge in [0.15, 0.2) is 0 Å². The number of hydrogen-bond acceptors (Lipinski definition) is 2. The number of rotatable bonds is 3. The van der Waals surface area contributed by atoms with Crippen molar-refractivity contribution in [2.75, 3.05) is 37.6 Å². The number of anilines is 1. The maximum atomic E-state index is 2.61. The molecule has 0 aliphatic carbocycles. The summed E-state index contributed by atoms with van der Waals surface area (Å²) >= 11 is 0. The van der Waals surface area contributed by atoms with Crippen molar-refractivity contribution in [1.82, 2.24) is 4.90 Å². The minimum atomic E-state index is 0.940. The first-order valence-electron chi connectivity index (χ1n) is 9.94. The van der Waals surface area contributed by atoms with E-state index in [0.29, 0.717) is 0 Å². The summed E-state index contributed by atoms with van der Waals surface area (Å²) in [4.78, 5) is 5.15. The van der Waals surface area contributed by atoms with Crippen molar-refractivity contribution in [3.8, 4) is 0 Å². The Morgan fingerprint density at radius 3 is 1.74 bits per heavy atom. The Bertz CT molecular complexity index is 338. The summed E-state index contributed by atoms with van der Waals surface area (Å²) in [6, 6.07) is 10.8. The van der Waals surface area contributed by atoms with Crippen LogP contribution >= 0.6 is 0 Å². The van der Waals surface area contributed by atoms with Crippen LogP contribution in [0, 0.1) is 5.92 Å². The van der Waals surface area contributed by atoms with Gasteiger partial charge in [0.1, 0.15) is 0 Å². The molecule has 0 saturated carbocycles. The van der Waals surface area contributed by atoms with Gasteiger partial charge >= 0.3 is 0 Å². The molecule has 0 atom stereocenters. The van der Waals surface area contributed by atoms with Gasteiger partial charge in [0, 0.05) is 25.3 Å². The molecule has 0 radical (unpaired) electrons. The summed E-state index contributed by atoms with van der Waals surface area (Å²) in [7, 11) is 0. The van der Waals surface area contributed by atoms with Crippen LogP contribution in [-0.4, -0.2) is 37.6 Å². The average Bonchev–Trinajstić information content (AvgIpc) is 2.64. The van der Waals surface area contributed by atoms with Gasteiger partial charge in [-0.3, -0.25) is 0 Å². The SMILES string of the molecule is CC.CC.CC.c1ccc(N2CCC(CN3CCC3)CC2)cc1. The number of piperidine rings is 1. The highest BCUT2D eigenvalue weighted by atomic mass is 15.2. The fourth-order valence-corrected chi connectivity index (χ4v) is 2.94. The lowest BCUT2D eigenvalue weighted by molar-refractivity contribution is 0.142. The molecule has 0 spiro atoms. The van der Waals surface area contributed by atoms with Gasteiger partial charge in [0.25, 0.3) is 0 Å². The normalized spacial score (nSPS) is 17.4. The summed E-state index contributed by atoms with van der Waals surface area (Å²) in [5, 5.41) is 0. The molecule has 0 N–H and O–H groups in total. The van der Waals surface area contributed by atoms with E-state index in [1.165, 1.54) is 57.7 Å². The predicted octanol–water partition coefficient (Wildman–Crippen LogP) is 5.69. The molecular formula is C21H40N2. The molecule has 23 heavy (non-hydrogen) atoms. The van der Waals surface area contributed by atoms with Gasteiger partial charge in [-0.2, -0.15) is 0 Å². The lowest BCUT2D eigenvalue weighted by atomic mass is 9.94. The molecule has 0 aromatic heterocycles. The largest absolute Gasteiger partial charge is 0.372 e. The Balaban J connectivity index is 0.000000728. The zero-order chi connectivity index (χ0) is 17.5. The molecule has 2 aliphatic heterocycles. The highest BCUT2D eigenvalue weighted by molar-refractivity contribution is 5.46. The third-order valence-electron chi connectivity index (χ3n) is 4.20. The van der Waals surface area contributed by atoms with Crippen molar-refractivity contribution in [3.63, 3.8) is 0 Å². The van der Waals surface area contributed by atoms with Crippen molar-refractivity contribution in [2.24, 2.45) is 5.92 Å². The van der Waals surface area contributed by atoms with Crippen LogP contribution in [0.15, 0.2) is 30.3 Å². The molecule has 0 amide bonds. The maximum absolute atomic E-state index is 2.61. The van der Waals surface area contributed by atoms with Crippen molar-refractivity contribution >= 4 is 5.69 Å². The lowest BCUT2D eigenvalue weighted by Gasteiger charge is -2.38. The number of benzene rings is 1. The molecule has 2 saturated heterocycles. The quantitative estimate of drug-likeness (QED) is 0.706. The summed E-state index contributed by atoms with van der Waals surface area (Å²) < 4.78 is 0. The average molecular weight is 321 g/mol. The minimum absolute atomic E-state index is 0.940.